The number of hydrogen-bond acceptors (Lipinski definition) is 6. The van der Waals surface area contributed by atoms with Crippen molar-refractivity contribution in [1.29, 1.82) is 0 Å². The molecule has 3 aromatic carbocycles. The Kier molecular flexibility index (Phi) is 5.11. The van der Waals surface area contributed by atoms with Crippen molar-refractivity contribution in [3.8, 4) is 17.2 Å². The third kappa shape index (κ3) is 3.55. The van der Waals surface area contributed by atoms with Crippen LogP contribution in [-0.4, -0.2) is 19.7 Å². The maximum Gasteiger partial charge on any atom is 0.231 e. The number of benzene rings is 3. The number of fused-ring (bicyclic) bond motifs is 2. The monoisotopic (exact) mass is 474 g/mol. The number of methoxy groups -OCH3 is 1. The molecule has 6 rings (SSSR count). The van der Waals surface area contributed by atoms with E-state index in [0.717, 1.165) is 33.9 Å². The lowest BCUT2D eigenvalue weighted by Crippen LogP contribution is -2.27. The number of halogens is 1. The van der Waals surface area contributed by atoms with E-state index in [1.54, 1.807) is 13.2 Å². The second kappa shape index (κ2) is 8.29. The summed E-state index contributed by atoms with van der Waals surface area (Å²) in [5.74, 6) is 2.16. The van der Waals surface area contributed by atoms with Crippen molar-refractivity contribution in [2.45, 2.75) is 24.8 Å². The highest BCUT2D eigenvalue weighted by atomic mass is 35.5. The molecule has 0 saturated carbocycles. The summed E-state index contributed by atoms with van der Waals surface area (Å²) in [6.07, 6.45) is 1.10. The molecule has 34 heavy (non-hydrogen) atoms. The van der Waals surface area contributed by atoms with E-state index in [0.29, 0.717) is 34.9 Å². The first-order valence-electron chi connectivity index (χ1n) is 11.2. The lowest BCUT2D eigenvalue weighted by Gasteiger charge is -2.30. The SMILES string of the molecule is COc1cccc([C@H]2CC(=O)C3=C(C2)Nc2ccccc2N[C@@H]3c2cc3c(cc2Cl)OCO3)c1. The van der Waals surface area contributed by atoms with Crippen LogP contribution in [0.25, 0.3) is 0 Å². The Morgan fingerprint density at radius 3 is 2.59 bits per heavy atom. The summed E-state index contributed by atoms with van der Waals surface area (Å²) in [5.41, 5.74) is 5.31. The van der Waals surface area contributed by atoms with Crippen LogP contribution in [0.5, 0.6) is 17.2 Å². The number of allylic oxidation sites excluding steroid dienone is 1. The summed E-state index contributed by atoms with van der Waals surface area (Å²) in [6, 6.07) is 19.1. The average molecular weight is 475 g/mol. The van der Waals surface area contributed by atoms with Gasteiger partial charge >= 0.3 is 0 Å². The van der Waals surface area contributed by atoms with E-state index in [9.17, 15) is 4.79 Å². The maximum absolute atomic E-state index is 13.7. The lowest BCUT2D eigenvalue weighted by molar-refractivity contribution is -0.116. The Balaban J connectivity index is 1.47. The topological polar surface area (TPSA) is 68.8 Å². The Morgan fingerprint density at radius 2 is 1.76 bits per heavy atom. The Labute approximate surface area is 202 Å². The fraction of sp³-hybridized carbons (Fsp3) is 0.222. The molecule has 0 radical (unpaired) electrons. The minimum atomic E-state index is -0.424. The van der Waals surface area contributed by atoms with Gasteiger partial charge in [0.05, 0.1) is 29.5 Å². The molecule has 3 aliphatic rings. The quantitative estimate of drug-likeness (QED) is 0.481. The summed E-state index contributed by atoms with van der Waals surface area (Å²) in [5, 5.41) is 7.65. The number of anilines is 2. The van der Waals surface area contributed by atoms with Gasteiger partial charge in [-0.3, -0.25) is 4.79 Å². The Bertz CT molecular complexity index is 1340. The molecule has 0 bridgehead atoms. The fourth-order valence-corrected chi connectivity index (χ4v) is 5.27. The summed E-state index contributed by atoms with van der Waals surface area (Å²) in [7, 11) is 1.65. The Hall–Kier alpha value is -3.64. The predicted octanol–water partition coefficient (Wildman–Crippen LogP) is 6.06. The minimum absolute atomic E-state index is 0.0481. The van der Waals surface area contributed by atoms with E-state index in [4.69, 9.17) is 25.8 Å². The highest BCUT2D eigenvalue weighted by Crippen LogP contribution is 2.47. The smallest absolute Gasteiger partial charge is 0.231 e. The van der Waals surface area contributed by atoms with Crippen LogP contribution in [0.1, 0.15) is 35.9 Å². The van der Waals surface area contributed by atoms with Crippen LogP contribution in [0.3, 0.4) is 0 Å². The van der Waals surface area contributed by atoms with Crippen LogP contribution in [0.4, 0.5) is 11.4 Å². The van der Waals surface area contributed by atoms with Gasteiger partial charge in [-0.25, -0.2) is 0 Å². The molecule has 0 fully saturated rings. The molecule has 1 aliphatic carbocycles. The van der Waals surface area contributed by atoms with Crippen molar-refractivity contribution in [3.05, 3.63) is 88.1 Å². The van der Waals surface area contributed by atoms with Gasteiger partial charge in [-0.15, -0.1) is 0 Å². The largest absolute Gasteiger partial charge is 0.497 e. The zero-order valence-corrected chi connectivity index (χ0v) is 19.3. The zero-order chi connectivity index (χ0) is 23.2. The summed E-state index contributed by atoms with van der Waals surface area (Å²) < 4.78 is 16.5. The van der Waals surface area contributed by atoms with Gasteiger partial charge in [-0.05, 0) is 48.2 Å². The summed E-state index contributed by atoms with van der Waals surface area (Å²) in [6.45, 7) is 0.159. The number of carbonyl (C=O) groups excluding carboxylic acids is 1. The van der Waals surface area contributed by atoms with Gasteiger partial charge in [-0.1, -0.05) is 35.9 Å². The number of ether oxygens (including phenoxy) is 3. The van der Waals surface area contributed by atoms with Gasteiger partial charge in [0.25, 0.3) is 0 Å². The zero-order valence-electron chi connectivity index (χ0n) is 18.6. The van der Waals surface area contributed by atoms with E-state index in [-0.39, 0.29) is 18.5 Å². The second-order valence-electron chi connectivity index (χ2n) is 8.67. The molecule has 3 aromatic rings. The van der Waals surface area contributed by atoms with Gasteiger partial charge in [0, 0.05) is 29.3 Å². The molecule has 2 N–H and O–H groups in total. The van der Waals surface area contributed by atoms with Crippen molar-refractivity contribution in [3.63, 3.8) is 0 Å². The van der Waals surface area contributed by atoms with E-state index in [1.165, 1.54) is 0 Å². The molecule has 2 heterocycles. The van der Waals surface area contributed by atoms with Gasteiger partial charge < -0.3 is 24.8 Å². The number of carbonyl (C=O) groups is 1. The van der Waals surface area contributed by atoms with Gasteiger partial charge in [0.15, 0.2) is 17.3 Å². The highest BCUT2D eigenvalue weighted by molar-refractivity contribution is 6.31. The normalized spacial score (nSPS) is 20.6. The number of hydrogen-bond donors (Lipinski definition) is 2. The molecular weight excluding hydrogens is 452 g/mol. The standard InChI is InChI=1S/C27H23ClN2O4/c1-32-17-6-4-5-15(9-17)16-10-22-26(23(31)11-16)27(30-21-8-3-2-7-20(21)29-22)18-12-24-25(13-19(18)28)34-14-33-24/h2-9,12-13,16,27,29-30H,10-11,14H2,1H3/t16-,27-/m1/s1. The predicted molar refractivity (Wildman–Crippen MR) is 131 cm³/mol. The molecule has 0 amide bonds. The van der Waals surface area contributed by atoms with Crippen LogP contribution in [-0.2, 0) is 4.79 Å². The van der Waals surface area contributed by atoms with E-state index >= 15 is 0 Å². The fourth-order valence-electron chi connectivity index (χ4n) is 5.01. The van der Waals surface area contributed by atoms with Gasteiger partial charge in [0.2, 0.25) is 6.79 Å². The first kappa shape index (κ1) is 20.9. The molecule has 0 aromatic heterocycles. The van der Waals surface area contributed by atoms with Crippen LogP contribution < -0.4 is 24.8 Å². The Morgan fingerprint density at radius 1 is 0.971 bits per heavy atom. The molecule has 0 unspecified atom stereocenters. The minimum Gasteiger partial charge on any atom is -0.497 e. The van der Waals surface area contributed by atoms with Crippen molar-refractivity contribution in [2.24, 2.45) is 0 Å². The van der Waals surface area contributed by atoms with E-state index in [1.807, 2.05) is 48.5 Å². The van der Waals surface area contributed by atoms with Crippen LogP contribution in [0.2, 0.25) is 5.02 Å². The third-order valence-electron chi connectivity index (χ3n) is 6.68. The van der Waals surface area contributed by atoms with Gasteiger partial charge in [-0.2, -0.15) is 0 Å². The summed E-state index contributed by atoms with van der Waals surface area (Å²) >= 11 is 6.71. The lowest BCUT2D eigenvalue weighted by atomic mass is 9.78. The maximum atomic E-state index is 13.7. The van der Waals surface area contributed by atoms with E-state index in [2.05, 4.69) is 16.7 Å². The molecular formula is C27H23ClN2O4. The molecule has 0 saturated heterocycles. The van der Waals surface area contributed by atoms with Crippen molar-refractivity contribution in [2.75, 3.05) is 24.5 Å². The van der Waals surface area contributed by atoms with Crippen molar-refractivity contribution >= 4 is 28.8 Å². The number of nitrogens with one attached hydrogen (secondary N) is 2. The molecule has 172 valence electrons. The van der Waals surface area contributed by atoms with Gasteiger partial charge in [0.1, 0.15) is 5.75 Å². The van der Waals surface area contributed by atoms with Crippen LogP contribution >= 0.6 is 11.6 Å². The molecule has 6 nitrogen and oxygen atoms in total. The number of rotatable bonds is 3. The highest BCUT2D eigenvalue weighted by Gasteiger charge is 2.37. The average Bonchev–Trinajstić information content (AvgIpc) is 3.23. The first-order chi connectivity index (χ1) is 16.6. The van der Waals surface area contributed by atoms with E-state index < -0.39 is 6.04 Å². The molecule has 7 heteroatoms. The molecule has 0 spiro atoms. The summed E-state index contributed by atoms with van der Waals surface area (Å²) in [4.78, 5) is 13.7. The number of Topliss-reactive ketones (excluding diaryl/α,β-unsaturated/α-hetero) is 1. The molecule has 2 aliphatic heterocycles. The van der Waals surface area contributed by atoms with Crippen molar-refractivity contribution in [1.82, 2.24) is 0 Å². The second-order valence-corrected chi connectivity index (χ2v) is 9.08. The third-order valence-corrected chi connectivity index (χ3v) is 7.00. The van der Waals surface area contributed by atoms with Crippen LogP contribution in [0.15, 0.2) is 71.9 Å². The first-order valence-corrected chi connectivity index (χ1v) is 11.6. The van der Waals surface area contributed by atoms with Crippen LogP contribution in [0, 0.1) is 0 Å². The van der Waals surface area contributed by atoms with Crippen molar-refractivity contribution < 1.29 is 19.0 Å². The molecule has 2 atom stereocenters. The number of ketones is 1. The number of para-hydroxylation sites is 2.